The first-order chi connectivity index (χ1) is 11.7. The van der Waals surface area contributed by atoms with E-state index in [-0.39, 0.29) is 5.91 Å². The van der Waals surface area contributed by atoms with Crippen molar-refractivity contribution in [3.8, 4) is 6.07 Å². The molecule has 0 fully saturated rings. The molecule has 0 N–H and O–H groups in total. The van der Waals surface area contributed by atoms with Gasteiger partial charge in [0.2, 0.25) is 0 Å². The third-order valence-electron chi connectivity index (χ3n) is 3.59. The highest BCUT2D eigenvalue weighted by molar-refractivity contribution is 7.07. The average molecular weight is 333 g/mol. The molecule has 4 nitrogen and oxygen atoms in total. The highest BCUT2D eigenvalue weighted by Crippen LogP contribution is 2.07. The zero-order valence-corrected chi connectivity index (χ0v) is 14.0. The van der Waals surface area contributed by atoms with E-state index in [0.29, 0.717) is 22.5 Å². The number of nitriles is 1. The standard InChI is InChI=1S/C19H15N3OS/c1-14-2-4-16(5-3-14)13-22-10-11-24-19(22)21-18(23)17-8-6-15(12-20)7-9-17/h2-11H,13H2,1H3. The number of carbonyl (C=O) groups is 1. The maximum atomic E-state index is 12.3. The van der Waals surface area contributed by atoms with Crippen molar-refractivity contribution in [3.05, 3.63) is 87.2 Å². The van der Waals surface area contributed by atoms with Gasteiger partial charge in [0.1, 0.15) is 0 Å². The molecule has 118 valence electrons. The molecule has 0 saturated carbocycles. The summed E-state index contributed by atoms with van der Waals surface area (Å²) in [7, 11) is 0. The summed E-state index contributed by atoms with van der Waals surface area (Å²) in [5, 5.41) is 10.7. The van der Waals surface area contributed by atoms with Gasteiger partial charge in [0.05, 0.1) is 11.6 Å². The van der Waals surface area contributed by atoms with Crippen molar-refractivity contribution in [1.29, 1.82) is 5.26 Å². The Labute approximate surface area is 144 Å². The molecule has 0 bridgehead atoms. The Balaban J connectivity index is 1.85. The first kappa shape index (κ1) is 15.9. The number of aromatic nitrogens is 1. The molecule has 1 aromatic heterocycles. The van der Waals surface area contributed by atoms with Gasteiger partial charge in [-0.25, -0.2) is 0 Å². The summed E-state index contributed by atoms with van der Waals surface area (Å²) in [5.74, 6) is -0.306. The summed E-state index contributed by atoms with van der Waals surface area (Å²) in [6.45, 7) is 2.72. The largest absolute Gasteiger partial charge is 0.319 e. The van der Waals surface area contributed by atoms with Crippen LogP contribution >= 0.6 is 11.3 Å². The molecular weight excluding hydrogens is 318 g/mol. The summed E-state index contributed by atoms with van der Waals surface area (Å²) in [5.41, 5.74) is 3.38. The number of rotatable bonds is 3. The molecule has 0 aliphatic carbocycles. The van der Waals surface area contributed by atoms with E-state index in [1.54, 1.807) is 24.3 Å². The SMILES string of the molecule is Cc1ccc(Cn2ccsc2=NC(=O)c2ccc(C#N)cc2)cc1. The summed E-state index contributed by atoms with van der Waals surface area (Å²) in [6.07, 6.45) is 1.93. The van der Waals surface area contributed by atoms with Crippen LogP contribution in [0.3, 0.4) is 0 Å². The Morgan fingerprint density at radius 2 is 1.88 bits per heavy atom. The number of nitrogens with zero attached hydrogens (tertiary/aromatic N) is 3. The molecule has 0 spiro atoms. The number of hydrogen-bond acceptors (Lipinski definition) is 3. The van der Waals surface area contributed by atoms with Crippen LogP contribution in [-0.2, 0) is 6.54 Å². The molecule has 0 aliphatic heterocycles. The lowest BCUT2D eigenvalue weighted by atomic mass is 10.1. The molecule has 1 amide bonds. The molecule has 3 rings (SSSR count). The van der Waals surface area contributed by atoms with E-state index in [1.165, 1.54) is 16.9 Å². The molecule has 1 heterocycles. The predicted octanol–water partition coefficient (Wildman–Crippen LogP) is 3.52. The number of aryl methyl sites for hydroxylation is 1. The minimum Gasteiger partial charge on any atom is -0.319 e. The monoisotopic (exact) mass is 333 g/mol. The van der Waals surface area contributed by atoms with E-state index >= 15 is 0 Å². The van der Waals surface area contributed by atoms with Gasteiger partial charge in [0.25, 0.3) is 5.91 Å². The average Bonchev–Trinajstić information content (AvgIpc) is 3.03. The summed E-state index contributed by atoms with van der Waals surface area (Å²) < 4.78 is 1.96. The van der Waals surface area contributed by atoms with E-state index in [2.05, 4.69) is 36.2 Å². The number of amides is 1. The van der Waals surface area contributed by atoms with E-state index < -0.39 is 0 Å². The molecular formula is C19H15N3OS. The van der Waals surface area contributed by atoms with Gasteiger partial charge in [-0.15, -0.1) is 11.3 Å². The summed E-state index contributed by atoms with van der Waals surface area (Å²) >= 11 is 1.43. The third kappa shape index (κ3) is 3.67. The maximum absolute atomic E-state index is 12.3. The van der Waals surface area contributed by atoms with Crippen molar-refractivity contribution < 1.29 is 4.79 Å². The maximum Gasteiger partial charge on any atom is 0.279 e. The second kappa shape index (κ2) is 7.07. The van der Waals surface area contributed by atoms with Crippen molar-refractivity contribution in [2.45, 2.75) is 13.5 Å². The van der Waals surface area contributed by atoms with Crippen LogP contribution in [0.15, 0.2) is 65.1 Å². The van der Waals surface area contributed by atoms with E-state index in [1.807, 2.05) is 22.2 Å². The van der Waals surface area contributed by atoms with Crippen LogP contribution in [0.1, 0.15) is 27.0 Å². The molecule has 5 heteroatoms. The van der Waals surface area contributed by atoms with Crippen LogP contribution < -0.4 is 4.80 Å². The highest BCUT2D eigenvalue weighted by Gasteiger charge is 2.05. The van der Waals surface area contributed by atoms with E-state index in [4.69, 9.17) is 5.26 Å². The van der Waals surface area contributed by atoms with Crippen LogP contribution in [0.2, 0.25) is 0 Å². The predicted molar refractivity (Wildman–Crippen MR) is 93.6 cm³/mol. The van der Waals surface area contributed by atoms with Crippen molar-refractivity contribution in [2.75, 3.05) is 0 Å². The molecule has 0 aliphatic rings. The lowest BCUT2D eigenvalue weighted by molar-refractivity contribution is 0.0998. The third-order valence-corrected chi connectivity index (χ3v) is 4.39. The minimum absolute atomic E-state index is 0.306. The Morgan fingerprint density at radius 3 is 2.54 bits per heavy atom. The van der Waals surface area contributed by atoms with Gasteiger partial charge < -0.3 is 4.57 Å². The van der Waals surface area contributed by atoms with Crippen LogP contribution in [0, 0.1) is 18.3 Å². The molecule has 2 aromatic carbocycles. The fourth-order valence-electron chi connectivity index (χ4n) is 2.24. The normalized spacial score (nSPS) is 11.2. The number of thiazole rings is 1. The van der Waals surface area contributed by atoms with Crippen LogP contribution in [-0.4, -0.2) is 10.5 Å². The van der Waals surface area contributed by atoms with Gasteiger partial charge in [0, 0.05) is 23.7 Å². The fourth-order valence-corrected chi connectivity index (χ4v) is 2.96. The van der Waals surface area contributed by atoms with Crippen molar-refractivity contribution >= 4 is 17.2 Å². The van der Waals surface area contributed by atoms with Gasteiger partial charge in [-0.1, -0.05) is 29.8 Å². The van der Waals surface area contributed by atoms with Crippen LogP contribution in [0.25, 0.3) is 0 Å². The fraction of sp³-hybridized carbons (Fsp3) is 0.105. The van der Waals surface area contributed by atoms with Gasteiger partial charge in [-0.05, 0) is 36.8 Å². The lowest BCUT2D eigenvalue weighted by Crippen LogP contribution is -2.17. The first-order valence-corrected chi connectivity index (χ1v) is 8.32. The molecule has 0 unspecified atom stereocenters. The Kier molecular flexibility index (Phi) is 4.69. The van der Waals surface area contributed by atoms with Gasteiger partial charge in [0.15, 0.2) is 4.80 Å². The molecule has 3 aromatic rings. The Hall–Kier alpha value is -2.97. The Bertz CT molecular complexity index is 957. The first-order valence-electron chi connectivity index (χ1n) is 7.44. The van der Waals surface area contributed by atoms with Crippen LogP contribution in [0.5, 0.6) is 0 Å². The lowest BCUT2D eigenvalue weighted by Gasteiger charge is -2.04. The zero-order valence-electron chi connectivity index (χ0n) is 13.1. The number of hydrogen-bond donors (Lipinski definition) is 0. The molecule has 24 heavy (non-hydrogen) atoms. The van der Waals surface area contributed by atoms with Gasteiger partial charge >= 0.3 is 0 Å². The van der Waals surface area contributed by atoms with E-state index in [9.17, 15) is 4.79 Å². The van der Waals surface area contributed by atoms with Gasteiger partial charge in [-0.3, -0.25) is 4.79 Å². The van der Waals surface area contributed by atoms with Gasteiger partial charge in [-0.2, -0.15) is 10.3 Å². The summed E-state index contributed by atoms with van der Waals surface area (Å²) in [6, 6.07) is 16.8. The van der Waals surface area contributed by atoms with Crippen LogP contribution in [0.4, 0.5) is 0 Å². The zero-order chi connectivity index (χ0) is 16.9. The van der Waals surface area contributed by atoms with Crippen molar-refractivity contribution in [1.82, 2.24) is 4.57 Å². The molecule has 0 atom stereocenters. The molecule has 0 radical (unpaired) electrons. The minimum atomic E-state index is -0.306. The van der Waals surface area contributed by atoms with E-state index in [0.717, 1.165) is 5.56 Å². The Morgan fingerprint density at radius 1 is 1.17 bits per heavy atom. The van der Waals surface area contributed by atoms with Crippen molar-refractivity contribution in [3.63, 3.8) is 0 Å². The quantitative estimate of drug-likeness (QED) is 0.736. The smallest absolute Gasteiger partial charge is 0.279 e. The molecule has 0 saturated heterocycles. The highest BCUT2D eigenvalue weighted by atomic mass is 32.1. The van der Waals surface area contributed by atoms with Crippen molar-refractivity contribution in [2.24, 2.45) is 4.99 Å². The second-order valence-corrected chi connectivity index (χ2v) is 6.28. The summed E-state index contributed by atoms with van der Waals surface area (Å²) in [4.78, 5) is 17.2. The number of carbonyl (C=O) groups excluding carboxylic acids is 1. The number of benzene rings is 2. The topological polar surface area (TPSA) is 58.1 Å². The second-order valence-electron chi connectivity index (χ2n) is 5.41.